The standard InChI is InChI=1S/C28H29Cl2N5O4S/c1-3-35-14-12-19(13-15-35)27(37)34-40(2,39)22-8-4-18(5-9-22)26(36)32-24-10-6-20(29)16-23(24)28(38)33-25-11-7-21(30)17-31-25/h4-11,16-17,19H,3,12-15H2,1-2H3,(H,32,36)(H,31,33,38). The van der Waals surface area contributed by atoms with Gasteiger partial charge in [-0.1, -0.05) is 30.1 Å². The minimum absolute atomic E-state index is 0.132. The molecule has 0 saturated carbocycles. The number of pyridine rings is 1. The number of aromatic nitrogens is 1. The first-order valence-corrected chi connectivity index (χ1v) is 15.4. The summed E-state index contributed by atoms with van der Waals surface area (Å²) in [7, 11) is -2.99. The largest absolute Gasteiger partial charge is 0.321 e. The maximum absolute atomic E-state index is 13.3. The highest BCUT2D eigenvalue weighted by atomic mass is 35.5. The van der Waals surface area contributed by atoms with Crippen molar-refractivity contribution in [2.24, 2.45) is 10.3 Å². The number of likely N-dealkylation sites (tertiary alicyclic amines) is 1. The SMILES string of the molecule is CCN1CCC(C(=O)N=S(C)(=O)c2ccc(C(=O)Nc3ccc(Cl)cc3C(=O)Nc3ccc(Cl)cn3)cc2)CC1. The predicted molar refractivity (Wildman–Crippen MR) is 158 cm³/mol. The second-order valence-corrected chi connectivity index (χ2v) is 12.6. The number of hydrogen-bond donors (Lipinski definition) is 2. The number of piperidine rings is 1. The molecule has 0 spiro atoms. The van der Waals surface area contributed by atoms with Gasteiger partial charge in [0.2, 0.25) is 0 Å². The highest BCUT2D eigenvalue weighted by molar-refractivity contribution is 7.93. The van der Waals surface area contributed by atoms with E-state index in [1.54, 1.807) is 18.2 Å². The van der Waals surface area contributed by atoms with Gasteiger partial charge in [-0.05, 0) is 87.1 Å². The minimum Gasteiger partial charge on any atom is -0.321 e. The number of carbonyl (C=O) groups is 3. The zero-order valence-electron chi connectivity index (χ0n) is 22.0. The van der Waals surface area contributed by atoms with E-state index in [-0.39, 0.29) is 34.5 Å². The molecule has 1 aliphatic heterocycles. The Morgan fingerprint density at radius 3 is 2.27 bits per heavy atom. The highest BCUT2D eigenvalue weighted by Crippen LogP contribution is 2.24. The molecule has 2 heterocycles. The zero-order chi connectivity index (χ0) is 28.9. The summed E-state index contributed by atoms with van der Waals surface area (Å²) >= 11 is 12.0. The molecule has 2 aromatic carbocycles. The van der Waals surface area contributed by atoms with E-state index >= 15 is 0 Å². The third kappa shape index (κ3) is 7.45. The molecule has 0 radical (unpaired) electrons. The molecular weight excluding hydrogens is 573 g/mol. The summed E-state index contributed by atoms with van der Waals surface area (Å²) in [5.74, 6) is -1.31. The number of rotatable bonds is 7. The summed E-state index contributed by atoms with van der Waals surface area (Å²) in [5.41, 5.74) is 0.629. The van der Waals surface area contributed by atoms with Crippen LogP contribution in [0.3, 0.4) is 0 Å². The van der Waals surface area contributed by atoms with Crippen molar-refractivity contribution < 1.29 is 18.6 Å². The first-order chi connectivity index (χ1) is 19.1. The van der Waals surface area contributed by atoms with E-state index in [9.17, 15) is 18.6 Å². The normalized spacial score (nSPS) is 15.6. The van der Waals surface area contributed by atoms with Crippen molar-refractivity contribution in [2.45, 2.75) is 24.7 Å². The van der Waals surface area contributed by atoms with Crippen LogP contribution in [0.25, 0.3) is 0 Å². The van der Waals surface area contributed by atoms with Gasteiger partial charge in [0.05, 0.1) is 26.0 Å². The Morgan fingerprint density at radius 2 is 1.65 bits per heavy atom. The number of amides is 3. The van der Waals surface area contributed by atoms with Crippen LogP contribution in [0, 0.1) is 5.92 Å². The van der Waals surface area contributed by atoms with Gasteiger partial charge < -0.3 is 15.5 Å². The van der Waals surface area contributed by atoms with Crippen molar-refractivity contribution in [2.75, 3.05) is 36.5 Å². The number of benzene rings is 2. The molecule has 210 valence electrons. The van der Waals surface area contributed by atoms with Crippen molar-refractivity contribution in [1.29, 1.82) is 0 Å². The fraction of sp³-hybridized carbons (Fsp3) is 0.286. The van der Waals surface area contributed by atoms with Gasteiger partial charge in [0, 0.05) is 33.9 Å². The van der Waals surface area contributed by atoms with Crippen molar-refractivity contribution in [1.82, 2.24) is 9.88 Å². The van der Waals surface area contributed by atoms with E-state index in [4.69, 9.17) is 23.2 Å². The number of halogens is 2. The van der Waals surface area contributed by atoms with E-state index in [2.05, 4.69) is 31.8 Å². The molecular formula is C28H29Cl2N5O4S. The molecule has 9 nitrogen and oxygen atoms in total. The lowest BCUT2D eigenvalue weighted by Gasteiger charge is -2.29. The second-order valence-electron chi connectivity index (χ2n) is 9.42. The average molecular weight is 603 g/mol. The van der Waals surface area contributed by atoms with Crippen LogP contribution in [0.1, 0.15) is 40.5 Å². The molecule has 1 unspecified atom stereocenters. The molecule has 4 rings (SSSR count). The molecule has 0 bridgehead atoms. The maximum Gasteiger partial charge on any atom is 0.258 e. The minimum atomic E-state index is -2.99. The fourth-order valence-electron chi connectivity index (χ4n) is 4.30. The zero-order valence-corrected chi connectivity index (χ0v) is 24.4. The Hall–Kier alpha value is -3.31. The Kier molecular flexibility index (Phi) is 9.57. The summed E-state index contributed by atoms with van der Waals surface area (Å²) in [6.07, 6.45) is 4.22. The quantitative estimate of drug-likeness (QED) is 0.363. The molecule has 3 amide bonds. The molecule has 0 aliphatic carbocycles. The molecule has 1 atom stereocenters. The van der Waals surface area contributed by atoms with Crippen LogP contribution < -0.4 is 10.6 Å². The van der Waals surface area contributed by atoms with Gasteiger partial charge in [-0.3, -0.25) is 14.4 Å². The van der Waals surface area contributed by atoms with Crippen LogP contribution in [0.15, 0.2) is 70.1 Å². The van der Waals surface area contributed by atoms with E-state index in [0.29, 0.717) is 27.8 Å². The molecule has 1 saturated heterocycles. The van der Waals surface area contributed by atoms with E-state index < -0.39 is 21.5 Å². The molecule has 1 aromatic heterocycles. The van der Waals surface area contributed by atoms with Gasteiger partial charge in [-0.2, -0.15) is 4.36 Å². The van der Waals surface area contributed by atoms with E-state index in [0.717, 1.165) is 19.6 Å². The second kappa shape index (κ2) is 12.9. The molecule has 12 heteroatoms. The van der Waals surface area contributed by atoms with Crippen LogP contribution in [0.2, 0.25) is 10.0 Å². The van der Waals surface area contributed by atoms with Gasteiger partial charge in [0.1, 0.15) is 5.82 Å². The summed E-state index contributed by atoms with van der Waals surface area (Å²) in [5, 5.41) is 6.09. The lowest BCUT2D eigenvalue weighted by molar-refractivity contribution is -0.122. The molecule has 1 aliphatic rings. The smallest absolute Gasteiger partial charge is 0.258 e. The van der Waals surface area contributed by atoms with Crippen LogP contribution in [-0.4, -0.2) is 57.7 Å². The van der Waals surface area contributed by atoms with E-state index in [1.165, 1.54) is 48.9 Å². The first-order valence-electron chi connectivity index (χ1n) is 12.7. The topological polar surface area (TPSA) is 121 Å². The molecule has 40 heavy (non-hydrogen) atoms. The fourth-order valence-corrected chi connectivity index (χ4v) is 5.82. The van der Waals surface area contributed by atoms with Crippen LogP contribution in [0.5, 0.6) is 0 Å². The maximum atomic E-state index is 13.3. The van der Waals surface area contributed by atoms with E-state index in [1.807, 2.05) is 0 Å². The van der Waals surface area contributed by atoms with Gasteiger partial charge in [-0.15, -0.1) is 0 Å². The number of hydrogen-bond acceptors (Lipinski definition) is 6. The van der Waals surface area contributed by atoms with Crippen LogP contribution in [-0.2, 0) is 14.5 Å². The summed E-state index contributed by atoms with van der Waals surface area (Å²) < 4.78 is 17.4. The average Bonchev–Trinajstić information content (AvgIpc) is 2.95. The predicted octanol–water partition coefficient (Wildman–Crippen LogP) is 5.61. The third-order valence-electron chi connectivity index (χ3n) is 6.65. The summed E-state index contributed by atoms with van der Waals surface area (Å²) in [6.45, 7) is 4.68. The molecule has 1 fully saturated rings. The molecule has 3 aromatic rings. The lowest BCUT2D eigenvalue weighted by Crippen LogP contribution is -2.35. The van der Waals surface area contributed by atoms with Crippen LogP contribution >= 0.6 is 23.2 Å². The first kappa shape index (κ1) is 29.7. The van der Waals surface area contributed by atoms with Gasteiger partial charge >= 0.3 is 0 Å². The summed E-state index contributed by atoms with van der Waals surface area (Å²) in [6, 6.07) is 13.7. The number of anilines is 2. The van der Waals surface area contributed by atoms with Crippen molar-refractivity contribution in [3.63, 3.8) is 0 Å². The third-order valence-corrected chi connectivity index (χ3v) is 8.78. The Bertz CT molecular complexity index is 1530. The number of nitrogens with one attached hydrogen (secondary N) is 2. The lowest BCUT2D eigenvalue weighted by atomic mass is 9.96. The van der Waals surface area contributed by atoms with Crippen molar-refractivity contribution in [3.8, 4) is 0 Å². The summed E-state index contributed by atoms with van der Waals surface area (Å²) in [4.78, 5) is 45.3. The van der Waals surface area contributed by atoms with Gasteiger partial charge in [0.15, 0.2) is 0 Å². The Labute approximate surface area is 243 Å². The number of carbonyl (C=O) groups excluding carboxylic acids is 3. The highest BCUT2D eigenvalue weighted by Gasteiger charge is 2.25. The Balaban J connectivity index is 1.46. The number of nitrogens with zero attached hydrogens (tertiary/aromatic N) is 3. The van der Waals surface area contributed by atoms with Crippen LogP contribution in [0.4, 0.5) is 11.5 Å². The van der Waals surface area contributed by atoms with Crippen molar-refractivity contribution in [3.05, 3.63) is 82.0 Å². The monoisotopic (exact) mass is 601 g/mol. The van der Waals surface area contributed by atoms with Gasteiger partial charge in [0.25, 0.3) is 17.7 Å². The van der Waals surface area contributed by atoms with Gasteiger partial charge in [-0.25, -0.2) is 9.19 Å². The van der Waals surface area contributed by atoms with Crippen molar-refractivity contribution >= 4 is 62.2 Å². The molecule has 2 N–H and O–H groups in total. The Morgan fingerprint density at radius 1 is 0.975 bits per heavy atom.